The summed E-state index contributed by atoms with van der Waals surface area (Å²) in [6.45, 7) is 7.92. The molecule has 1 heterocycles. The van der Waals surface area contributed by atoms with Crippen LogP contribution in [0.15, 0.2) is 24.3 Å². The molecule has 2 rings (SSSR count). The highest BCUT2D eigenvalue weighted by atomic mass is 32.2. The van der Waals surface area contributed by atoms with Gasteiger partial charge in [0.05, 0.1) is 0 Å². The molecular formula is C16H26N2S. The van der Waals surface area contributed by atoms with Gasteiger partial charge in [0.25, 0.3) is 0 Å². The monoisotopic (exact) mass is 278 g/mol. The maximum Gasteiger partial charge on any atom is 0.0234 e. The molecule has 2 nitrogen and oxygen atoms in total. The Bertz CT molecular complexity index is 360. The second-order valence-electron chi connectivity index (χ2n) is 5.24. The lowest BCUT2D eigenvalue weighted by Crippen LogP contribution is -2.25. The molecule has 1 aliphatic heterocycles. The van der Waals surface area contributed by atoms with E-state index in [1.54, 1.807) is 0 Å². The first-order valence-electron chi connectivity index (χ1n) is 7.47. The number of hydrogen-bond donors (Lipinski definition) is 1. The molecule has 106 valence electrons. The second-order valence-corrected chi connectivity index (χ2v) is 6.46. The van der Waals surface area contributed by atoms with E-state index in [4.69, 9.17) is 0 Å². The minimum Gasteiger partial charge on any atom is -0.313 e. The zero-order valence-electron chi connectivity index (χ0n) is 12.0. The molecule has 0 saturated carbocycles. The van der Waals surface area contributed by atoms with Crippen molar-refractivity contribution in [1.29, 1.82) is 0 Å². The minimum absolute atomic E-state index is 0.998. The van der Waals surface area contributed by atoms with Gasteiger partial charge in [-0.05, 0) is 42.8 Å². The molecule has 1 aliphatic rings. The molecular weight excluding hydrogens is 252 g/mol. The van der Waals surface area contributed by atoms with Crippen LogP contribution in [0.25, 0.3) is 0 Å². The van der Waals surface area contributed by atoms with Crippen LogP contribution in [0, 0.1) is 0 Å². The number of nitrogens with zero attached hydrogens (tertiary/aromatic N) is 1. The Morgan fingerprint density at radius 1 is 1.21 bits per heavy atom. The predicted octanol–water partition coefficient (Wildman–Crippen LogP) is 3.13. The average Bonchev–Trinajstić information content (AvgIpc) is 2.68. The van der Waals surface area contributed by atoms with E-state index >= 15 is 0 Å². The van der Waals surface area contributed by atoms with Crippen molar-refractivity contribution in [1.82, 2.24) is 10.2 Å². The lowest BCUT2D eigenvalue weighted by Gasteiger charge is -2.19. The van der Waals surface area contributed by atoms with E-state index in [1.165, 1.54) is 48.6 Å². The van der Waals surface area contributed by atoms with Crippen molar-refractivity contribution in [2.24, 2.45) is 0 Å². The maximum absolute atomic E-state index is 3.48. The van der Waals surface area contributed by atoms with Crippen molar-refractivity contribution in [2.75, 3.05) is 31.1 Å². The number of rotatable bonds is 6. The molecule has 0 bridgehead atoms. The summed E-state index contributed by atoms with van der Waals surface area (Å²) in [6, 6.07) is 9.05. The third-order valence-corrected chi connectivity index (χ3v) is 4.52. The summed E-state index contributed by atoms with van der Waals surface area (Å²) in [5.74, 6) is 2.62. The van der Waals surface area contributed by atoms with E-state index < -0.39 is 0 Å². The van der Waals surface area contributed by atoms with Crippen molar-refractivity contribution < 1.29 is 0 Å². The number of benzene rings is 1. The van der Waals surface area contributed by atoms with Crippen LogP contribution < -0.4 is 5.32 Å². The molecule has 3 heteroatoms. The average molecular weight is 278 g/mol. The van der Waals surface area contributed by atoms with Crippen molar-refractivity contribution in [2.45, 2.75) is 32.9 Å². The standard InChI is InChI=1S/C16H26N2S/c1-2-7-17-13-15-5-3-6-16(12-15)14-18-8-4-10-19-11-9-18/h3,5-6,12,17H,2,4,7-11,13-14H2,1H3. The largest absolute Gasteiger partial charge is 0.313 e. The van der Waals surface area contributed by atoms with E-state index in [0.717, 1.165) is 19.6 Å². The zero-order chi connectivity index (χ0) is 13.3. The third kappa shape index (κ3) is 5.55. The Labute approximate surface area is 122 Å². The Hall–Kier alpha value is -0.510. The lowest BCUT2D eigenvalue weighted by molar-refractivity contribution is 0.287. The Morgan fingerprint density at radius 2 is 2.11 bits per heavy atom. The van der Waals surface area contributed by atoms with Gasteiger partial charge in [-0.15, -0.1) is 0 Å². The predicted molar refractivity (Wildman–Crippen MR) is 85.7 cm³/mol. The molecule has 0 unspecified atom stereocenters. The molecule has 1 aromatic carbocycles. The quantitative estimate of drug-likeness (QED) is 0.805. The van der Waals surface area contributed by atoms with Gasteiger partial charge in [0.2, 0.25) is 0 Å². The van der Waals surface area contributed by atoms with Crippen molar-refractivity contribution in [3.8, 4) is 0 Å². The van der Waals surface area contributed by atoms with Crippen LogP contribution in [-0.4, -0.2) is 36.0 Å². The van der Waals surface area contributed by atoms with Crippen molar-refractivity contribution >= 4 is 11.8 Å². The van der Waals surface area contributed by atoms with Gasteiger partial charge in [-0.25, -0.2) is 0 Å². The van der Waals surface area contributed by atoms with Gasteiger partial charge in [-0.2, -0.15) is 11.8 Å². The van der Waals surface area contributed by atoms with Crippen LogP contribution >= 0.6 is 11.8 Å². The molecule has 1 saturated heterocycles. The third-order valence-electron chi connectivity index (χ3n) is 3.47. The summed E-state index contributed by atoms with van der Waals surface area (Å²) in [5, 5.41) is 3.48. The van der Waals surface area contributed by atoms with E-state index in [2.05, 4.69) is 53.2 Å². The fraction of sp³-hybridized carbons (Fsp3) is 0.625. The topological polar surface area (TPSA) is 15.3 Å². The molecule has 0 amide bonds. The molecule has 0 aromatic heterocycles. The Balaban J connectivity index is 1.86. The maximum atomic E-state index is 3.48. The molecule has 1 aromatic rings. The normalized spacial score (nSPS) is 17.3. The smallest absolute Gasteiger partial charge is 0.0234 e. The van der Waals surface area contributed by atoms with Crippen LogP contribution in [0.1, 0.15) is 30.9 Å². The number of hydrogen-bond acceptors (Lipinski definition) is 3. The van der Waals surface area contributed by atoms with E-state index in [0.29, 0.717) is 0 Å². The van der Waals surface area contributed by atoms with Crippen LogP contribution in [0.4, 0.5) is 0 Å². The van der Waals surface area contributed by atoms with E-state index in [9.17, 15) is 0 Å². The SMILES string of the molecule is CCCNCc1cccc(CN2CCCSCC2)c1. The number of thioether (sulfide) groups is 1. The van der Waals surface area contributed by atoms with Crippen LogP contribution in [-0.2, 0) is 13.1 Å². The highest BCUT2D eigenvalue weighted by Crippen LogP contribution is 2.14. The van der Waals surface area contributed by atoms with Gasteiger partial charge in [-0.3, -0.25) is 4.90 Å². The van der Waals surface area contributed by atoms with Gasteiger partial charge in [0.15, 0.2) is 0 Å². The minimum atomic E-state index is 0.998. The van der Waals surface area contributed by atoms with E-state index in [1.807, 2.05) is 0 Å². The summed E-state index contributed by atoms with van der Waals surface area (Å²) in [6.07, 6.45) is 2.54. The first-order chi connectivity index (χ1) is 9.38. The van der Waals surface area contributed by atoms with Gasteiger partial charge >= 0.3 is 0 Å². The zero-order valence-corrected chi connectivity index (χ0v) is 12.8. The lowest BCUT2D eigenvalue weighted by atomic mass is 10.1. The Kier molecular flexibility index (Phi) is 6.75. The van der Waals surface area contributed by atoms with Gasteiger partial charge in [-0.1, -0.05) is 31.2 Å². The summed E-state index contributed by atoms with van der Waals surface area (Å²) in [7, 11) is 0. The fourth-order valence-electron chi connectivity index (χ4n) is 2.46. The summed E-state index contributed by atoms with van der Waals surface area (Å²) >= 11 is 2.10. The summed E-state index contributed by atoms with van der Waals surface area (Å²) < 4.78 is 0. The van der Waals surface area contributed by atoms with Crippen LogP contribution in [0.5, 0.6) is 0 Å². The summed E-state index contributed by atoms with van der Waals surface area (Å²) in [5.41, 5.74) is 2.87. The first-order valence-corrected chi connectivity index (χ1v) is 8.62. The Morgan fingerprint density at radius 3 is 3.00 bits per heavy atom. The van der Waals surface area contributed by atoms with E-state index in [-0.39, 0.29) is 0 Å². The second kappa shape index (κ2) is 8.62. The highest BCUT2D eigenvalue weighted by molar-refractivity contribution is 7.99. The molecule has 0 atom stereocenters. The van der Waals surface area contributed by atoms with Gasteiger partial charge in [0, 0.05) is 25.4 Å². The summed E-state index contributed by atoms with van der Waals surface area (Å²) in [4.78, 5) is 2.60. The van der Waals surface area contributed by atoms with Crippen molar-refractivity contribution in [3.63, 3.8) is 0 Å². The molecule has 0 aliphatic carbocycles. The molecule has 0 spiro atoms. The molecule has 19 heavy (non-hydrogen) atoms. The first kappa shape index (κ1) is 14.9. The van der Waals surface area contributed by atoms with Crippen molar-refractivity contribution in [3.05, 3.63) is 35.4 Å². The van der Waals surface area contributed by atoms with Crippen LogP contribution in [0.2, 0.25) is 0 Å². The number of nitrogens with one attached hydrogen (secondary N) is 1. The van der Waals surface area contributed by atoms with Gasteiger partial charge < -0.3 is 5.32 Å². The molecule has 0 radical (unpaired) electrons. The highest BCUT2D eigenvalue weighted by Gasteiger charge is 2.09. The fourth-order valence-corrected chi connectivity index (χ4v) is 3.39. The van der Waals surface area contributed by atoms with Crippen LogP contribution in [0.3, 0.4) is 0 Å². The van der Waals surface area contributed by atoms with Gasteiger partial charge in [0.1, 0.15) is 0 Å². The molecule has 1 N–H and O–H groups in total. The molecule has 1 fully saturated rings.